The first-order valence-electron chi connectivity index (χ1n) is 5.03. The van der Waals surface area contributed by atoms with Crippen molar-refractivity contribution in [2.24, 2.45) is 4.99 Å². The molecule has 0 atom stereocenters. The molecule has 2 aromatic rings. The molecule has 0 saturated heterocycles. The van der Waals surface area contributed by atoms with E-state index in [1.165, 1.54) is 0 Å². The first kappa shape index (κ1) is 13.4. The van der Waals surface area contributed by atoms with Gasteiger partial charge < -0.3 is 5.11 Å². The van der Waals surface area contributed by atoms with Crippen molar-refractivity contribution in [3.8, 4) is 5.75 Å². The number of aromatic hydroxyl groups is 1. The molecule has 0 unspecified atom stereocenters. The number of rotatable bonds is 2. The van der Waals surface area contributed by atoms with Gasteiger partial charge >= 0.3 is 0 Å². The molecule has 0 fully saturated rings. The highest BCUT2D eigenvalue weighted by molar-refractivity contribution is 9.10. The van der Waals surface area contributed by atoms with Gasteiger partial charge in [0, 0.05) is 20.7 Å². The van der Waals surface area contributed by atoms with Gasteiger partial charge in [0.25, 0.3) is 0 Å². The Bertz CT molecular complexity index is 520. The molecule has 1 N–H and O–H groups in total. The molecule has 18 heavy (non-hydrogen) atoms. The lowest BCUT2D eigenvalue weighted by Gasteiger charge is -1.99. The smallest absolute Gasteiger partial charge is 0.117 e. The Labute approximate surface area is 123 Å². The van der Waals surface area contributed by atoms with Gasteiger partial charge in [-0.2, -0.15) is 0 Å². The van der Waals surface area contributed by atoms with Crippen molar-refractivity contribution < 1.29 is 5.11 Å². The molecular formula is C13H8BrCl2NO. The fourth-order valence-electron chi connectivity index (χ4n) is 1.43. The van der Waals surface area contributed by atoms with E-state index in [1.54, 1.807) is 36.5 Å². The molecule has 2 aromatic carbocycles. The first-order valence-corrected chi connectivity index (χ1v) is 6.57. The summed E-state index contributed by atoms with van der Waals surface area (Å²) in [5, 5.41) is 10.5. The summed E-state index contributed by atoms with van der Waals surface area (Å²) in [6.45, 7) is 0. The van der Waals surface area contributed by atoms with Gasteiger partial charge in [0.2, 0.25) is 0 Å². The Balaban J connectivity index is 2.29. The maximum absolute atomic E-state index is 9.45. The molecule has 2 nitrogen and oxygen atoms in total. The number of nitrogens with zero attached hydrogens (tertiary/aromatic N) is 1. The fraction of sp³-hybridized carbons (Fsp3) is 0. The standard InChI is InChI=1S/C13H8BrCl2NO/c14-9-1-8(2-13(18)3-9)7-17-12-5-10(15)4-11(16)6-12/h1-7,18H. The van der Waals surface area contributed by atoms with Crippen molar-refractivity contribution in [1.82, 2.24) is 0 Å². The topological polar surface area (TPSA) is 32.6 Å². The molecule has 0 bridgehead atoms. The zero-order valence-electron chi connectivity index (χ0n) is 9.07. The van der Waals surface area contributed by atoms with E-state index in [1.807, 2.05) is 6.07 Å². The van der Waals surface area contributed by atoms with Gasteiger partial charge in [-0.3, -0.25) is 4.99 Å². The van der Waals surface area contributed by atoms with Crippen LogP contribution < -0.4 is 0 Å². The minimum Gasteiger partial charge on any atom is -0.508 e. The largest absolute Gasteiger partial charge is 0.508 e. The molecule has 2 rings (SSSR count). The summed E-state index contributed by atoms with van der Waals surface area (Å²) in [5.74, 6) is 0.176. The van der Waals surface area contributed by atoms with Crippen molar-refractivity contribution in [1.29, 1.82) is 0 Å². The second-order valence-electron chi connectivity index (χ2n) is 3.63. The van der Waals surface area contributed by atoms with E-state index < -0.39 is 0 Å². The lowest BCUT2D eigenvalue weighted by molar-refractivity contribution is 0.475. The predicted molar refractivity (Wildman–Crippen MR) is 79.5 cm³/mol. The van der Waals surface area contributed by atoms with Gasteiger partial charge in [0.15, 0.2) is 0 Å². The first-order chi connectivity index (χ1) is 8.52. The number of phenolic OH excluding ortho intramolecular Hbond substituents is 1. The van der Waals surface area contributed by atoms with Crippen LogP contribution in [0.1, 0.15) is 5.56 Å². The summed E-state index contributed by atoms with van der Waals surface area (Å²) < 4.78 is 0.785. The molecule has 0 aromatic heterocycles. The number of hydrogen-bond donors (Lipinski definition) is 1. The van der Waals surface area contributed by atoms with Crippen molar-refractivity contribution in [2.75, 3.05) is 0 Å². The summed E-state index contributed by atoms with van der Waals surface area (Å²) in [6, 6.07) is 10.1. The molecular weight excluding hydrogens is 337 g/mol. The Morgan fingerprint density at radius 1 is 1.00 bits per heavy atom. The van der Waals surface area contributed by atoms with Gasteiger partial charge in [0.1, 0.15) is 5.75 Å². The Morgan fingerprint density at radius 2 is 1.67 bits per heavy atom. The Hall–Kier alpha value is -1.03. The summed E-state index contributed by atoms with van der Waals surface area (Å²) >= 11 is 15.1. The second kappa shape index (κ2) is 5.74. The van der Waals surface area contributed by atoms with Crippen molar-refractivity contribution in [3.63, 3.8) is 0 Å². The highest BCUT2D eigenvalue weighted by atomic mass is 79.9. The fourth-order valence-corrected chi connectivity index (χ4v) is 2.45. The third kappa shape index (κ3) is 3.73. The number of hydrogen-bond acceptors (Lipinski definition) is 2. The van der Waals surface area contributed by atoms with E-state index in [-0.39, 0.29) is 5.75 Å². The van der Waals surface area contributed by atoms with Gasteiger partial charge in [-0.1, -0.05) is 39.1 Å². The van der Waals surface area contributed by atoms with E-state index in [9.17, 15) is 5.11 Å². The number of aliphatic imine (C=N–C) groups is 1. The van der Waals surface area contributed by atoms with E-state index in [0.29, 0.717) is 15.7 Å². The zero-order valence-corrected chi connectivity index (χ0v) is 12.2. The molecule has 5 heteroatoms. The van der Waals surface area contributed by atoms with Crippen LogP contribution in [0.4, 0.5) is 5.69 Å². The molecule has 0 heterocycles. The minimum atomic E-state index is 0.176. The average molecular weight is 345 g/mol. The van der Waals surface area contributed by atoms with Crippen LogP contribution in [-0.4, -0.2) is 11.3 Å². The highest BCUT2D eigenvalue weighted by Crippen LogP contribution is 2.25. The summed E-state index contributed by atoms with van der Waals surface area (Å²) in [5.41, 5.74) is 1.44. The Morgan fingerprint density at radius 3 is 2.28 bits per heavy atom. The molecule has 0 radical (unpaired) electrons. The van der Waals surface area contributed by atoms with Crippen LogP contribution in [0.15, 0.2) is 45.9 Å². The molecule has 0 aliphatic rings. The van der Waals surface area contributed by atoms with Gasteiger partial charge in [-0.15, -0.1) is 0 Å². The second-order valence-corrected chi connectivity index (χ2v) is 5.42. The number of halogens is 3. The van der Waals surface area contributed by atoms with E-state index in [2.05, 4.69) is 20.9 Å². The van der Waals surface area contributed by atoms with Crippen molar-refractivity contribution in [3.05, 3.63) is 56.5 Å². The van der Waals surface area contributed by atoms with Gasteiger partial charge in [-0.25, -0.2) is 0 Å². The molecule has 0 aliphatic carbocycles. The van der Waals surface area contributed by atoms with Gasteiger partial charge in [0.05, 0.1) is 5.69 Å². The number of benzene rings is 2. The molecule has 92 valence electrons. The van der Waals surface area contributed by atoms with Crippen molar-refractivity contribution in [2.45, 2.75) is 0 Å². The monoisotopic (exact) mass is 343 g/mol. The zero-order chi connectivity index (χ0) is 13.1. The quantitative estimate of drug-likeness (QED) is 0.745. The van der Waals surface area contributed by atoms with Crippen LogP contribution >= 0.6 is 39.1 Å². The third-order valence-corrected chi connectivity index (χ3v) is 3.01. The van der Waals surface area contributed by atoms with Gasteiger partial charge in [-0.05, 0) is 42.0 Å². The maximum atomic E-state index is 9.45. The lowest BCUT2D eigenvalue weighted by Crippen LogP contribution is -1.81. The van der Waals surface area contributed by atoms with Crippen LogP contribution in [0.3, 0.4) is 0 Å². The van der Waals surface area contributed by atoms with E-state index >= 15 is 0 Å². The summed E-state index contributed by atoms with van der Waals surface area (Å²) in [6.07, 6.45) is 1.63. The average Bonchev–Trinajstić information content (AvgIpc) is 2.23. The highest BCUT2D eigenvalue weighted by Gasteiger charge is 1.98. The maximum Gasteiger partial charge on any atom is 0.117 e. The Kier molecular flexibility index (Phi) is 4.27. The van der Waals surface area contributed by atoms with Crippen LogP contribution in [0.2, 0.25) is 10.0 Å². The third-order valence-electron chi connectivity index (χ3n) is 2.11. The SMILES string of the molecule is Oc1cc(Br)cc(C=Nc2cc(Cl)cc(Cl)c2)c1. The van der Waals surface area contributed by atoms with Crippen LogP contribution in [0, 0.1) is 0 Å². The minimum absolute atomic E-state index is 0.176. The molecule has 0 spiro atoms. The molecule has 0 amide bonds. The summed E-state index contributed by atoms with van der Waals surface area (Å²) in [4.78, 5) is 4.25. The lowest BCUT2D eigenvalue weighted by atomic mass is 10.2. The van der Waals surface area contributed by atoms with Crippen LogP contribution in [0.5, 0.6) is 5.75 Å². The number of phenols is 1. The van der Waals surface area contributed by atoms with Crippen molar-refractivity contribution >= 4 is 51.0 Å². The van der Waals surface area contributed by atoms with E-state index in [0.717, 1.165) is 10.0 Å². The summed E-state index contributed by atoms with van der Waals surface area (Å²) in [7, 11) is 0. The van der Waals surface area contributed by atoms with E-state index in [4.69, 9.17) is 23.2 Å². The van der Waals surface area contributed by atoms with Crippen LogP contribution in [-0.2, 0) is 0 Å². The molecule has 0 saturated carbocycles. The normalized spacial score (nSPS) is 11.1. The molecule has 0 aliphatic heterocycles. The predicted octanol–water partition coefficient (Wildman–Crippen LogP) is 5.21. The van der Waals surface area contributed by atoms with Crippen LogP contribution in [0.25, 0.3) is 0 Å².